The van der Waals surface area contributed by atoms with Gasteiger partial charge in [-0.1, -0.05) is 24.3 Å². The molecular formula is C21H27N3O4. The van der Waals surface area contributed by atoms with Crippen molar-refractivity contribution in [2.75, 3.05) is 51.5 Å². The van der Waals surface area contributed by atoms with Gasteiger partial charge < -0.3 is 29.3 Å². The number of carbonyl (C=O) groups is 1. The summed E-state index contributed by atoms with van der Waals surface area (Å²) in [6.07, 6.45) is 0. The second-order valence-electron chi connectivity index (χ2n) is 6.30. The van der Waals surface area contributed by atoms with E-state index in [4.69, 9.17) is 14.2 Å². The monoisotopic (exact) mass is 385 g/mol. The van der Waals surface area contributed by atoms with E-state index >= 15 is 0 Å². The molecular weight excluding hydrogens is 358 g/mol. The Balaban J connectivity index is 1.47. The number of para-hydroxylation sites is 4. The molecule has 1 aliphatic rings. The average Bonchev–Trinajstić information content (AvgIpc) is 2.75. The second kappa shape index (κ2) is 9.73. The molecule has 0 saturated carbocycles. The Morgan fingerprint density at radius 1 is 0.929 bits per heavy atom. The summed E-state index contributed by atoms with van der Waals surface area (Å²) in [7, 11) is 1.67. The molecule has 0 aliphatic carbocycles. The number of nitrogens with zero attached hydrogens (tertiary/aromatic N) is 2. The van der Waals surface area contributed by atoms with Gasteiger partial charge in [-0.3, -0.25) is 0 Å². The molecule has 0 atom stereocenters. The van der Waals surface area contributed by atoms with E-state index in [0.29, 0.717) is 31.2 Å². The molecule has 0 bridgehead atoms. The zero-order chi connectivity index (χ0) is 19.8. The molecule has 3 rings (SSSR count). The van der Waals surface area contributed by atoms with Crippen LogP contribution in [0.4, 0.5) is 10.5 Å². The van der Waals surface area contributed by atoms with Gasteiger partial charge in [-0.15, -0.1) is 0 Å². The number of piperazine rings is 1. The average molecular weight is 385 g/mol. The number of methoxy groups -OCH3 is 1. The molecule has 28 heavy (non-hydrogen) atoms. The summed E-state index contributed by atoms with van der Waals surface area (Å²) >= 11 is 0. The van der Waals surface area contributed by atoms with E-state index in [2.05, 4.69) is 10.2 Å². The fourth-order valence-electron chi connectivity index (χ4n) is 3.17. The molecule has 2 aromatic rings. The van der Waals surface area contributed by atoms with E-state index in [1.807, 2.05) is 55.5 Å². The lowest BCUT2D eigenvalue weighted by Gasteiger charge is -2.36. The number of nitrogens with one attached hydrogen (secondary N) is 1. The lowest BCUT2D eigenvalue weighted by Crippen LogP contribution is -2.52. The Bertz CT molecular complexity index is 776. The molecule has 1 aliphatic heterocycles. The van der Waals surface area contributed by atoms with Crippen LogP contribution < -0.4 is 24.4 Å². The van der Waals surface area contributed by atoms with Crippen LogP contribution in [0.5, 0.6) is 17.2 Å². The van der Waals surface area contributed by atoms with E-state index in [-0.39, 0.29) is 12.8 Å². The summed E-state index contributed by atoms with van der Waals surface area (Å²) in [5, 5.41) is 2.81. The first kappa shape index (κ1) is 19.7. The first-order valence-electron chi connectivity index (χ1n) is 9.48. The van der Waals surface area contributed by atoms with Gasteiger partial charge in [-0.2, -0.15) is 0 Å². The van der Waals surface area contributed by atoms with Gasteiger partial charge in [0.25, 0.3) is 0 Å². The Morgan fingerprint density at radius 2 is 1.54 bits per heavy atom. The van der Waals surface area contributed by atoms with Crippen LogP contribution in [0.15, 0.2) is 48.5 Å². The second-order valence-corrected chi connectivity index (χ2v) is 6.30. The number of hydrogen-bond acceptors (Lipinski definition) is 5. The van der Waals surface area contributed by atoms with Gasteiger partial charge in [0.2, 0.25) is 0 Å². The van der Waals surface area contributed by atoms with Crippen LogP contribution in [0.2, 0.25) is 0 Å². The van der Waals surface area contributed by atoms with Gasteiger partial charge in [0.15, 0.2) is 18.2 Å². The van der Waals surface area contributed by atoms with E-state index in [1.165, 1.54) is 0 Å². The third-order valence-electron chi connectivity index (χ3n) is 4.59. The van der Waals surface area contributed by atoms with Gasteiger partial charge in [-0.05, 0) is 31.2 Å². The van der Waals surface area contributed by atoms with Crippen LogP contribution in [0.25, 0.3) is 0 Å². The standard InChI is InChI=1S/C21H27N3O4/c1-3-27-19-10-6-7-11-20(19)28-16-22-21(25)24-14-12-23(13-15-24)17-8-4-5-9-18(17)26-2/h4-11H,3,12-16H2,1-2H3,(H,22,25). The van der Waals surface area contributed by atoms with Crippen molar-refractivity contribution in [1.82, 2.24) is 10.2 Å². The Kier molecular flexibility index (Phi) is 6.84. The van der Waals surface area contributed by atoms with Crippen LogP contribution >= 0.6 is 0 Å². The van der Waals surface area contributed by atoms with Crippen molar-refractivity contribution in [2.45, 2.75) is 6.92 Å². The van der Waals surface area contributed by atoms with Gasteiger partial charge in [-0.25, -0.2) is 4.79 Å². The lowest BCUT2D eigenvalue weighted by atomic mass is 10.2. The zero-order valence-corrected chi connectivity index (χ0v) is 16.4. The summed E-state index contributed by atoms with van der Waals surface area (Å²) in [6, 6.07) is 15.2. The van der Waals surface area contributed by atoms with Crippen molar-refractivity contribution in [3.05, 3.63) is 48.5 Å². The number of ether oxygens (including phenoxy) is 3. The predicted octanol–water partition coefficient (Wildman–Crippen LogP) is 2.96. The zero-order valence-electron chi connectivity index (χ0n) is 16.4. The number of amides is 2. The summed E-state index contributed by atoms with van der Waals surface area (Å²) in [4.78, 5) is 16.5. The molecule has 1 fully saturated rings. The maximum atomic E-state index is 12.4. The molecule has 0 aromatic heterocycles. The van der Waals surface area contributed by atoms with Gasteiger partial charge in [0.1, 0.15) is 5.75 Å². The number of carbonyl (C=O) groups excluding carboxylic acids is 1. The third-order valence-corrected chi connectivity index (χ3v) is 4.59. The highest BCUT2D eigenvalue weighted by atomic mass is 16.5. The summed E-state index contributed by atoms with van der Waals surface area (Å²) < 4.78 is 16.6. The molecule has 2 aromatic carbocycles. The highest BCUT2D eigenvalue weighted by molar-refractivity contribution is 5.74. The highest BCUT2D eigenvalue weighted by Crippen LogP contribution is 2.28. The van der Waals surface area contributed by atoms with Crippen molar-refractivity contribution >= 4 is 11.7 Å². The molecule has 7 nitrogen and oxygen atoms in total. The summed E-state index contributed by atoms with van der Waals surface area (Å²) in [5.74, 6) is 2.14. The molecule has 7 heteroatoms. The minimum Gasteiger partial charge on any atom is -0.495 e. The van der Waals surface area contributed by atoms with Gasteiger partial charge in [0.05, 0.1) is 19.4 Å². The quantitative estimate of drug-likeness (QED) is 0.743. The number of rotatable bonds is 7. The van der Waals surface area contributed by atoms with Gasteiger partial charge >= 0.3 is 6.03 Å². The van der Waals surface area contributed by atoms with Crippen LogP contribution in [0.3, 0.4) is 0 Å². The summed E-state index contributed by atoms with van der Waals surface area (Å²) in [5.41, 5.74) is 1.06. The minimum absolute atomic E-state index is 0.0929. The molecule has 150 valence electrons. The SMILES string of the molecule is CCOc1ccccc1OCNC(=O)N1CCN(c2ccccc2OC)CC1. The van der Waals surface area contributed by atoms with Crippen LogP contribution in [-0.2, 0) is 0 Å². The Labute approximate surface area is 165 Å². The maximum Gasteiger partial charge on any atom is 0.320 e. The van der Waals surface area contributed by atoms with Crippen molar-refractivity contribution < 1.29 is 19.0 Å². The molecule has 1 N–H and O–H groups in total. The molecule has 0 radical (unpaired) electrons. The normalized spacial score (nSPS) is 13.8. The molecule has 1 saturated heterocycles. The first-order chi connectivity index (χ1) is 13.7. The van der Waals surface area contributed by atoms with Crippen LogP contribution in [0.1, 0.15) is 6.92 Å². The van der Waals surface area contributed by atoms with E-state index in [9.17, 15) is 4.79 Å². The third kappa shape index (κ3) is 4.79. The minimum atomic E-state index is -0.131. The molecule has 0 spiro atoms. The van der Waals surface area contributed by atoms with Crippen molar-refractivity contribution in [3.8, 4) is 17.2 Å². The molecule has 2 amide bonds. The number of hydrogen-bond donors (Lipinski definition) is 1. The maximum absolute atomic E-state index is 12.4. The van der Waals surface area contributed by atoms with Crippen LogP contribution in [-0.4, -0.2) is 57.6 Å². The smallest absolute Gasteiger partial charge is 0.320 e. The topological polar surface area (TPSA) is 63.3 Å². The fraction of sp³-hybridized carbons (Fsp3) is 0.381. The number of urea groups is 1. The van der Waals surface area contributed by atoms with E-state index in [1.54, 1.807) is 12.0 Å². The Hall–Kier alpha value is -3.09. The fourth-order valence-corrected chi connectivity index (χ4v) is 3.17. The molecule has 0 unspecified atom stereocenters. The molecule has 1 heterocycles. The lowest BCUT2D eigenvalue weighted by molar-refractivity contribution is 0.179. The largest absolute Gasteiger partial charge is 0.495 e. The summed E-state index contributed by atoms with van der Waals surface area (Å²) in [6.45, 7) is 5.35. The van der Waals surface area contributed by atoms with Crippen molar-refractivity contribution in [2.24, 2.45) is 0 Å². The first-order valence-corrected chi connectivity index (χ1v) is 9.48. The van der Waals surface area contributed by atoms with E-state index < -0.39 is 0 Å². The van der Waals surface area contributed by atoms with Crippen molar-refractivity contribution in [1.29, 1.82) is 0 Å². The highest BCUT2D eigenvalue weighted by Gasteiger charge is 2.22. The predicted molar refractivity (Wildman–Crippen MR) is 108 cm³/mol. The van der Waals surface area contributed by atoms with Crippen LogP contribution in [0, 0.1) is 0 Å². The van der Waals surface area contributed by atoms with Gasteiger partial charge in [0, 0.05) is 26.2 Å². The van der Waals surface area contributed by atoms with E-state index in [0.717, 1.165) is 24.5 Å². The number of anilines is 1. The van der Waals surface area contributed by atoms with Crippen molar-refractivity contribution in [3.63, 3.8) is 0 Å². The number of benzene rings is 2. The Morgan fingerprint density at radius 3 is 2.18 bits per heavy atom.